The van der Waals surface area contributed by atoms with Crippen molar-refractivity contribution in [2.75, 3.05) is 11.1 Å². The van der Waals surface area contributed by atoms with E-state index in [-0.39, 0.29) is 11.8 Å². The first-order valence-electron chi connectivity index (χ1n) is 8.48. The summed E-state index contributed by atoms with van der Waals surface area (Å²) in [6.07, 6.45) is 0.872. The monoisotopic (exact) mass is 330 g/mol. The van der Waals surface area contributed by atoms with Crippen LogP contribution in [0.1, 0.15) is 29.5 Å². The van der Waals surface area contributed by atoms with Crippen LogP contribution in [0, 0.1) is 0 Å². The molecular formula is C22H22N2O. The Balaban J connectivity index is 1.91. The normalized spacial score (nSPS) is 10.6. The number of carbonyl (C=O) groups excluding carboxylic acids is 1. The van der Waals surface area contributed by atoms with Gasteiger partial charge in [-0.15, -0.1) is 0 Å². The van der Waals surface area contributed by atoms with E-state index in [9.17, 15) is 4.79 Å². The molecule has 0 aliphatic heterocycles. The maximum absolute atomic E-state index is 13.0. The average Bonchev–Trinajstić information content (AvgIpc) is 2.64. The lowest BCUT2D eigenvalue weighted by molar-refractivity contribution is -0.116. The van der Waals surface area contributed by atoms with E-state index in [1.165, 1.54) is 0 Å². The van der Waals surface area contributed by atoms with Gasteiger partial charge in [0.1, 0.15) is 0 Å². The average molecular weight is 330 g/mol. The molecule has 3 nitrogen and oxygen atoms in total. The molecule has 25 heavy (non-hydrogen) atoms. The molecule has 0 saturated heterocycles. The van der Waals surface area contributed by atoms with Crippen LogP contribution in [0.4, 0.5) is 11.4 Å². The minimum atomic E-state index is -0.366. The van der Waals surface area contributed by atoms with Crippen molar-refractivity contribution in [2.24, 2.45) is 0 Å². The molecule has 3 aromatic carbocycles. The number of nitrogens with two attached hydrogens (primary N) is 1. The van der Waals surface area contributed by atoms with Crippen molar-refractivity contribution in [3.05, 3.63) is 95.6 Å². The molecule has 0 radical (unpaired) electrons. The SMILES string of the molecule is CCc1ccc(NC(=O)C(c2ccccc2)c2ccccc2)cc1N. The van der Waals surface area contributed by atoms with Gasteiger partial charge in [0.15, 0.2) is 0 Å². The third-order valence-electron chi connectivity index (χ3n) is 4.32. The topological polar surface area (TPSA) is 55.1 Å². The lowest BCUT2D eigenvalue weighted by Crippen LogP contribution is -2.22. The smallest absolute Gasteiger partial charge is 0.236 e. The van der Waals surface area contributed by atoms with Gasteiger partial charge < -0.3 is 11.1 Å². The Morgan fingerprint density at radius 2 is 1.48 bits per heavy atom. The molecule has 3 rings (SSSR count). The maximum Gasteiger partial charge on any atom is 0.236 e. The second-order valence-corrected chi connectivity index (χ2v) is 6.01. The number of nitrogens with one attached hydrogen (secondary N) is 1. The first kappa shape index (κ1) is 16.8. The van der Waals surface area contributed by atoms with Crippen molar-refractivity contribution >= 4 is 17.3 Å². The van der Waals surface area contributed by atoms with Gasteiger partial charge in [-0.1, -0.05) is 73.7 Å². The van der Waals surface area contributed by atoms with Gasteiger partial charge >= 0.3 is 0 Å². The highest BCUT2D eigenvalue weighted by Gasteiger charge is 2.22. The molecule has 1 amide bonds. The van der Waals surface area contributed by atoms with E-state index in [2.05, 4.69) is 12.2 Å². The Labute approximate surface area is 148 Å². The van der Waals surface area contributed by atoms with Crippen LogP contribution in [-0.4, -0.2) is 5.91 Å². The fraction of sp³-hybridized carbons (Fsp3) is 0.136. The predicted octanol–water partition coefficient (Wildman–Crippen LogP) is 4.60. The van der Waals surface area contributed by atoms with Crippen LogP contribution in [0.25, 0.3) is 0 Å². The number of carbonyl (C=O) groups is 1. The van der Waals surface area contributed by atoms with Gasteiger partial charge in [-0.25, -0.2) is 0 Å². The number of amides is 1. The van der Waals surface area contributed by atoms with Gasteiger partial charge in [-0.05, 0) is 35.2 Å². The summed E-state index contributed by atoms with van der Waals surface area (Å²) in [7, 11) is 0. The molecule has 126 valence electrons. The molecule has 0 heterocycles. The van der Waals surface area contributed by atoms with Gasteiger partial charge in [0.25, 0.3) is 0 Å². The van der Waals surface area contributed by atoms with Crippen LogP contribution >= 0.6 is 0 Å². The van der Waals surface area contributed by atoms with E-state index >= 15 is 0 Å². The van der Waals surface area contributed by atoms with E-state index in [0.717, 1.165) is 28.8 Å². The summed E-state index contributed by atoms with van der Waals surface area (Å²) in [6, 6.07) is 25.3. The van der Waals surface area contributed by atoms with Crippen molar-refractivity contribution in [3.63, 3.8) is 0 Å². The summed E-state index contributed by atoms with van der Waals surface area (Å²) < 4.78 is 0. The van der Waals surface area contributed by atoms with E-state index in [4.69, 9.17) is 5.73 Å². The highest BCUT2D eigenvalue weighted by atomic mass is 16.1. The minimum absolute atomic E-state index is 0.0685. The lowest BCUT2D eigenvalue weighted by atomic mass is 9.90. The van der Waals surface area contributed by atoms with E-state index in [1.54, 1.807) is 0 Å². The largest absolute Gasteiger partial charge is 0.398 e. The fourth-order valence-corrected chi connectivity index (χ4v) is 3.00. The summed E-state index contributed by atoms with van der Waals surface area (Å²) in [6.45, 7) is 2.06. The number of rotatable bonds is 5. The van der Waals surface area contributed by atoms with Gasteiger partial charge in [0, 0.05) is 11.4 Å². The molecule has 0 unspecified atom stereocenters. The Kier molecular flexibility index (Phi) is 5.14. The van der Waals surface area contributed by atoms with Crippen LogP contribution < -0.4 is 11.1 Å². The quantitative estimate of drug-likeness (QED) is 0.672. The van der Waals surface area contributed by atoms with Gasteiger partial charge in [0.2, 0.25) is 5.91 Å². The Bertz CT molecular complexity index is 805. The van der Waals surface area contributed by atoms with Crippen molar-refractivity contribution in [1.29, 1.82) is 0 Å². The van der Waals surface area contributed by atoms with Gasteiger partial charge in [-0.3, -0.25) is 4.79 Å². The fourth-order valence-electron chi connectivity index (χ4n) is 3.00. The second-order valence-electron chi connectivity index (χ2n) is 6.01. The van der Waals surface area contributed by atoms with Crippen LogP contribution in [0.15, 0.2) is 78.9 Å². The minimum Gasteiger partial charge on any atom is -0.398 e. The summed E-state index contributed by atoms with van der Waals surface area (Å²) in [5.41, 5.74) is 10.5. The third-order valence-corrected chi connectivity index (χ3v) is 4.32. The first-order chi connectivity index (χ1) is 12.2. The van der Waals surface area contributed by atoms with Crippen LogP contribution in [0.3, 0.4) is 0 Å². The number of hydrogen-bond donors (Lipinski definition) is 2. The zero-order valence-electron chi connectivity index (χ0n) is 14.3. The van der Waals surface area contributed by atoms with Crippen LogP contribution in [0.5, 0.6) is 0 Å². The molecule has 0 atom stereocenters. The summed E-state index contributed by atoms with van der Waals surface area (Å²) >= 11 is 0. The highest BCUT2D eigenvalue weighted by molar-refractivity contribution is 5.98. The molecule has 3 N–H and O–H groups in total. The van der Waals surface area contributed by atoms with E-state index < -0.39 is 0 Å². The molecular weight excluding hydrogens is 308 g/mol. The molecule has 3 heteroatoms. The summed E-state index contributed by atoms with van der Waals surface area (Å²) in [5, 5.41) is 3.01. The molecule has 0 aliphatic rings. The number of aryl methyl sites for hydroxylation is 1. The van der Waals surface area contributed by atoms with Crippen molar-refractivity contribution in [1.82, 2.24) is 0 Å². The van der Waals surface area contributed by atoms with E-state index in [1.807, 2.05) is 78.9 Å². The van der Waals surface area contributed by atoms with Gasteiger partial charge in [0.05, 0.1) is 5.92 Å². The zero-order chi connectivity index (χ0) is 17.6. The van der Waals surface area contributed by atoms with Gasteiger partial charge in [-0.2, -0.15) is 0 Å². The van der Waals surface area contributed by atoms with Crippen LogP contribution in [-0.2, 0) is 11.2 Å². The van der Waals surface area contributed by atoms with Crippen LogP contribution in [0.2, 0.25) is 0 Å². The maximum atomic E-state index is 13.0. The third kappa shape index (κ3) is 3.89. The van der Waals surface area contributed by atoms with Crippen molar-refractivity contribution in [3.8, 4) is 0 Å². The Hall–Kier alpha value is -3.07. The van der Waals surface area contributed by atoms with Crippen molar-refractivity contribution in [2.45, 2.75) is 19.3 Å². The molecule has 0 bridgehead atoms. The summed E-state index contributed by atoms with van der Waals surface area (Å²) in [4.78, 5) is 13.0. The second kappa shape index (κ2) is 7.67. The number of benzene rings is 3. The first-order valence-corrected chi connectivity index (χ1v) is 8.48. The molecule has 0 aliphatic carbocycles. The van der Waals surface area contributed by atoms with Crippen molar-refractivity contribution < 1.29 is 4.79 Å². The molecule has 0 saturated carbocycles. The number of anilines is 2. The molecule has 0 aromatic heterocycles. The predicted molar refractivity (Wildman–Crippen MR) is 104 cm³/mol. The molecule has 0 fully saturated rings. The number of nitrogen functional groups attached to an aromatic ring is 1. The number of hydrogen-bond acceptors (Lipinski definition) is 2. The Morgan fingerprint density at radius 3 is 1.96 bits per heavy atom. The standard InChI is InChI=1S/C22H22N2O/c1-2-16-13-14-19(15-20(16)23)24-22(25)21(17-9-5-3-6-10-17)18-11-7-4-8-12-18/h3-15,21H,2,23H2,1H3,(H,24,25). The molecule has 0 spiro atoms. The Morgan fingerprint density at radius 1 is 0.920 bits per heavy atom. The lowest BCUT2D eigenvalue weighted by Gasteiger charge is -2.18. The highest BCUT2D eigenvalue weighted by Crippen LogP contribution is 2.27. The van der Waals surface area contributed by atoms with E-state index in [0.29, 0.717) is 5.69 Å². The summed E-state index contributed by atoms with van der Waals surface area (Å²) in [5.74, 6) is -0.435. The molecule has 3 aromatic rings. The zero-order valence-corrected chi connectivity index (χ0v) is 14.3.